The standard InChI is InChI=1S/C16H27NO3S/c1-5-21-9-8-12(2)17-11-15(18)14-10-13(19-3)6-7-16(14)20-4/h6-7,10,12,15,17-18H,5,8-9,11H2,1-4H3. The Balaban J connectivity index is 2.56. The van der Waals surface area contributed by atoms with Crippen molar-refractivity contribution >= 4 is 11.8 Å². The van der Waals surface area contributed by atoms with Gasteiger partial charge < -0.3 is 19.9 Å². The second kappa shape index (κ2) is 9.92. The summed E-state index contributed by atoms with van der Waals surface area (Å²) in [6.07, 6.45) is 0.483. The third kappa shape index (κ3) is 6.16. The number of rotatable bonds is 10. The van der Waals surface area contributed by atoms with Crippen molar-refractivity contribution in [2.45, 2.75) is 32.4 Å². The predicted octanol–water partition coefficient (Wildman–Crippen LogP) is 2.86. The van der Waals surface area contributed by atoms with E-state index >= 15 is 0 Å². The van der Waals surface area contributed by atoms with E-state index in [1.807, 2.05) is 30.0 Å². The van der Waals surface area contributed by atoms with Crippen molar-refractivity contribution in [1.29, 1.82) is 0 Å². The van der Waals surface area contributed by atoms with Crippen LogP contribution in [-0.4, -0.2) is 43.4 Å². The van der Waals surface area contributed by atoms with Crippen LogP contribution in [0.3, 0.4) is 0 Å². The molecular formula is C16H27NO3S. The average Bonchev–Trinajstić information content (AvgIpc) is 2.52. The van der Waals surface area contributed by atoms with Crippen LogP contribution in [0.4, 0.5) is 0 Å². The van der Waals surface area contributed by atoms with Gasteiger partial charge in [-0.1, -0.05) is 6.92 Å². The maximum atomic E-state index is 10.4. The molecule has 120 valence electrons. The molecule has 21 heavy (non-hydrogen) atoms. The van der Waals surface area contributed by atoms with Crippen molar-refractivity contribution in [2.24, 2.45) is 0 Å². The average molecular weight is 313 g/mol. The number of thioether (sulfide) groups is 1. The summed E-state index contributed by atoms with van der Waals surface area (Å²) in [7, 11) is 3.22. The number of hydrogen-bond acceptors (Lipinski definition) is 5. The molecule has 0 heterocycles. The van der Waals surface area contributed by atoms with Gasteiger partial charge in [0.15, 0.2) is 0 Å². The first-order chi connectivity index (χ1) is 10.1. The summed E-state index contributed by atoms with van der Waals surface area (Å²) in [5.74, 6) is 3.69. The van der Waals surface area contributed by atoms with Crippen molar-refractivity contribution in [2.75, 3.05) is 32.3 Å². The fraction of sp³-hybridized carbons (Fsp3) is 0.625. The molecule has 1 aromatic carbocycles. The van der Waals surface area contributed by atoms with Crippen molar-refractivity contribution in [1.82, 2.24) is 5.32 Å². The third-order valence-electron chi connectivity index (χ3n) is 3.35. The van der Waals surface area contributed by atoms with Crippen molar-refractivity contribution in [3.63, 3.8) is 0 Å². The lowest BCUT2D eigenvalue weighted by atomic mass is 10.1. The Morgan fingerprint density at radius 2 is 2.05 bits per heavy atom. The highest BCUT2D eigenvalue weighted by atomic mass is 32.2. The maximum Gasteiger partial charge on any atom is 0.124 e. The summed E-state index contributed by atoms with van der Waals surface area (Å²) in [4.78, 5) is 0. The van der Waals surface area contributed by atoms with Crippen LogP contribution in [0.25, 0.3) is 0 Å². The quantitative estimate of drug-likeness (QED) is 0.651. The first-order valence-corrected chi connectivity index (χ1v) is 8.48. The maximum absolute atomic E-state index is 10.4. The molecule has 0 saturated heterocycles. The fourth-order valence-electron chi connectivity index (χ4n) is 2.03. The smallest absolute Gasteiger partial charge is 0.124 e. The molecule has 0 bridgehead atoms. The highest BCUT2D eigenvalue weighted by Gasteiger charge is 2.15. The highest BCUT2D eigenvalue weighted by molar-refractivity contribution is 7.99. The molecule has 1 rings (SSSR count). The van der Waals surface area contributed by atoms with Gasteiger partial charge in [-0.2, -0.15) is 11.8 Å². The number of aliphatic hydroxyl groups is 1. The van der Waals surface area contributed by atoms with Gasteiger partial charge in [0.1, 0.15) is 11.5 Å². The predicted molar refractivity (Wildman–Crippen MR) is 89.6 cm³/mol. The van der Waals surface area contributed by atoms with Crippen LogP contribution >= 0.6 is 11.8 Å². The lowest BCUT2D eigenvalue weighted by molar-refractivity contribution is 0.166. The molecule has 5 heteroatoms. The molecule has 4 nitrogen and oxygen atoms in total. The molecule has 0 aromatic heterocycles. The van der Waals surface area contributed by atoms with Crippen molar-refractivity contribution in [3.05, 3.63) is 23.8 Å². The van der Waals surface area contributed by atoms with Gasteiger partial charge in [0.2, 0.25) is 0 Å². The molecule has 0 aliphatic rings. The Kier molecular flexibility index (Phi) is 8.57. The van der Waals surface area contributed by atoms with Crippen molar-refractivity contribution in [3.8, 4) is 11.5 Å². The van der Waals surface area contributed by atoms with E-state index in [1.165, 1.54) is 0 Å². The summed E-state index contributed by atoms with van der Waals surface area (Å²) >= 11 is 1.94. The van der Waals surface area contributed by atoms with E-state index in [0.29, 0.717) is 18.3 Å². The molecule has 0 aliphatic heterocycles. The van der Waals surface area contributed by atoms with Crippen LogP contribution < -0.4 is 14.8 Å². The number of nitrogens with one attached hydrogen (secondary N) is 1. The van der Waals surface area contributed by atoms with E-state index in [4.69, 9.17) is 9.47 Å². The fourth-order valence-corrected chi connectivity index (χ4v) is 2.84. The van der Waals surface area contributed by atoms with E-state index in [1.54, 1.807) is 14.2 Å². The number of hydrogen-bond donors (Lipinski definition) is 2. The molecule has 2 unspecified atom stereocenters. The Hall–Kier alpha value is -0.910. The Labute approximate surface area is 132 Å². The topological polar surface area (TPSA) is 50.7 Å². The third-order valence-corrected chi connectivity index (χ3v) is 4.29. The second-order valence-electron chi connectivity index (χ2n) is 4.92. The summed E-state index contributed by atoms with van der Waals surface area (Å²) in [6.45, 7) is 4.81. The molecule has 0 spiro atoms. The Morgan fingerprint density at radius 1 is 1.29 bits per heavy atom. The molecule has 2 N–H and O–H groups in total. The van der Waals surface area contributed by atoms with Gasteiger partial charge in [-0.15, -0.1) is 0 Å². The Bertz CT molecular complexity index is 415. The van der Waals surface area contributed by atoms with Gasteiger partial charge in [-0.3, -0.25) is 0 Å². The van der Waals surface area contributed by atoms with E-state index < -0.39 is 6.10 Å². The first kappa shape index (κ1) is 18.1. The zero-order chi connectivity index (χ0) is 15.7. The van der Waals surface area contributed by atoms with Crippen LogP contribution in [0.2, 0.25) is 0 Å². The van der Waals surface area contributed by atoms with Gasteiger partial charge in [-0.05, 0) is 43.0 Å². The van der Waals surface area contributed by atoms with Gasteiger partial charge in [0.05, 0.1) is 20.3 Å². The number of aliphatic hydroxyl groups excluding tert-OH is 1. The van der Waals surface area contributed by atoms with Gasteiger partial charge in [0, 0.05) is 18.2 Å². The zero-order valence-corrected chi connectivity index (χ0v) is 14.2. The second-order valence-corrected chi connectivity index (χ2v) is 6.31. The van der Waals surface area contributed by atoms with Gasteiger partial charge in [-0.25, -0.2) is 0 Å². The summed E-state index contributed by atoms with van der Waals surface area (Å²) in [6, 6.07) is 5.85. The lowest BCUT2D eigenvalue weighted by Gasteiger charge is -2.19. The molecule has 0 fully saturated rings. The molecule has 0 aliphatic carbocycles. The highest BCUT2D eigenvalue weighted by Crippen LogP contribution is 2.29. The van der Waals surface area contributed by atoms with Crippen LogP contribution in [-0.2, 0) is 0 Å². The summed E-state index contributed by atoms with van der Waals surface area (Å²) in [5.41, 5.74) is 0.750. The van der Waals surface area contributed by atoms with E-state index in [2.05, 4.69) is 19.2 Å². The van der Waals surface area contributed by atoms with E-state index in [-0.39, 0.29) is 0 Å². The number of methoxy groups -OCH3 is 2. The molecule has 0 saturated carbocycles. The van der Waals surface area contributed by atoms with E-state index in [0.717, 1.165) is 29.2 Å². The number of benzene rings is 1. The summed E-state index contributed by atoms with van der Waals surface area (Å²) < 4.78 is 10.5. The number of ether oxygens (including phenoxy) is 2. The zero-order valence-electron chi connectivity index (χ0n) is 13.4. The van der Waals surface area contributed by atoms with Crippen LogP contribution in [0.5, 0.6) is 11.5 Å². The van der Waals surface area contributed by atoms with Crippen LogP contribution in [0.1, 0.15) is 31.9 Å². The minimum absolute atomic E-state index is 0.385. The molecular weight excluding hydrogens is 286 g/mol. The minimum atomic E-state index is -0.615. The Morgan fingerprint density at radius 3 is 2.67 bits per heavy atom. The lowest BCUT2D eigenvalue weighted by Crippen LogP contribution is -2.31. The van der Waals surface area contributed by atoms with Crippen LogP contribution in [0, 0.1) is 0 Å². The minimum Gasteiger partial charge on any atom is -0.497 e. The molecule has 2 atom stereocenters. The van der Waals surface area contributed by atoms with Gasteiger partial charge >= 0.3 is 0 Å². The van der Waals surface area contributed by atoms with Crippen LogP contribution in [0.15, 0.2) is 18.2 Å². The molecule has 1 aromatic rings. The monoisotopic (exact) mass is 313 g/mol. The largest absolute Gasteiger partial charge is 0.497 e. The summed E-state index contributed by atoms with van der Waals surface area (Å²) in [5, 5.41) is 13.7. The molecule has 0 radical (unpaired) electrons. The van der Waals surface area contributed by atoms with Crippen molar-refractivity contribution < 1.29 is 14.6 Å². The normalized spacial score (nSPS) is 13.8. The molecule has 0 amide bonds. The van der Waals surface area contributed by atoms with Gasteiger partial charge in [0.25, 0.3) is 0 Å². The van der Waals surface area contributed by atoms with E-state index in [9.17, 15) is 5.11 Å². The SMILES string of the molecule is CCSCCC(C)NCC(O)c1cc(OC)ccc1OC. The first-order valence-electron chi connectivity index (χ1n) is 7.33.